The molecule has 198 valence electrons. The SMILES string of the molecule is COC(=O)C[C@@H](c1cnn(C(C)C)c1)c1oc(CN2CCc3cc(OC)c(OC)cc3C2)cc(=O)c1O. The second-order valence-corrected chi connectivity index (χ2v) is 9.41. The van der Waals surface area contributed by atoms with Crippen LogP contribution in [-0.2, 0) is 29.0 Å². The third-order valence-corrected chi connectivity index (χ3v) is 6.64. The third kappa shape index (κ3) is 5.64. The fourth-order valence-corrected chi connectivity index (χ4v) is 4.59. The maximum absolute atomic E-state index is 12.8. The molecule has 0 saturated heterocycles. The van der Waals surface area contributed by atoms with Gasteiger partial charge in [0, 0.05) is 37.0 Å². The van der Waals surface area contributed by atoms with Crippen molar-refractivity contribution < 1.29 is 28.5 Å². The average molecular weight is 512 g/mol. The molecule has 1 N–H and O–H groups in total. The van der Waals surface area contributed by atoms with Gasteiger partial charge < -0.3 is 23.7 Å². The van der Waals surface area contributed by atoms with E-state index in [9.17, 15) is 14.7 Å². The lowest BCUT2D eigenvalue weighted by atomic mass is 9.94. The quantitative estimate of drug-likeness (QED) is 0.432. The normalized spacial score (nSPS) is 14.3. The predicted octanol–water partition coefficient (Wildman–Crippen LogP) is 3.39. The van der Waals surface area contributed by atoms with Gasteiger partial charge in [-0.05, 0) is 43.5 Å². The van der Waals surface area contributed by atoms with E-state index in [1.165, 1.54) is 18.7 Å². The predicted molar refractivity (Wildman–Crippen MR) is 135 cm³/mol. The first-order valence-electron chi connectivity index (χ1n) is 12.2. The molecule has 4 rings (SSSR count). The summed E-state index contributed by atoms with van der Waals surface area (Å²) in [7, 11) is 4.51. The van der Waals surface area contributed by atoms with Crippen molar-refractivity contribution in [2.45, 2.75) is 51.7 Å². The van der Waals surface area contributed by atoms with Crippen LogP contribution in [0.25, 0.3) is 0 Å². The van der Waals surface area contributed by atoms with Gasteiger partial charge in [-0.3, -0.25) is 19.2 Å². The average Bonchev–Trinajstić information content (AvgIpc) is 3.39. The Morgan fingerprint density at radius 1 is 1.14 bits per heavy atom. The van der Waals surface area contributed by atoms with Crippen LogP contribution in [0.2, 0.25) is 0 Å². The largest absolute Gasteiger partial charge is 0.502 e. The Bertz CT molecular complexity index is 1330. The number of methoxy groups -OCH3 is 3. The van der Waals surface area contributed by atoms with Crippen molar-refractivity contribution in [3.8, 4) is 17.2 Å². The van der Waals surface area contributed by atoms with E-state index >= 15 is 0 Å². The van der Waals surface area contributed by atoms with Crippen LogP contribution in [0, 0.1) is 0 Å². The number of nitrogens with zero attached hydrogens (tertiary/aromatic N) is 3. The van der Waals surface area contributed by atoms with Gasteiger partial charge in [0.25, 0.3) is 0 Å². The first-order chi connectivity index (χ1) is 17.7. The molecule has 1 aliphatic rings. The maximum Gasteiger partial charge on any atom is 0.306 e. The van der Waals surface area contributed by atoms with Gasteiger partial charge in [0.2, 0.25) is 11.2 Å². The number of rotatable bonds is 9. The molecule has 1 aromatic carbocycles. The van der Waals surface area contributed by atoms with Crippen molar-refractivity contribution in [3.63, 3.8) is 0 Å². The van der Waals surface area contributed by atoms with Crippen molar-refractivity contribution in [2.24, 2.45) is 0 Å². The second kappa shape index (κ2) is 11.1. The summed E-state index contributed by atoms with van der Waals surface area (Å²) in [6, 6.07) is 5.37. The molecule has 0 amide bonds. The standard InChI is InChI=1S/C27H33N3O7/c1-16(2)30-14-19(12-28-30)21(11-25(32)36-5)27-26(33)22(31)10-20(37-27)15-29-7-6-17-8-23(34-3)24(35-4)9-18(17)13-29/h8-10,12,14,16,21,33H,6-7,11,13,15H2,1-5H3/t21-/m0/s1. The number of hydrogen-bond donors (Lipinski definition) is 1. The molecule has 1 aliphatic heterocycles. The molecule has 0 fully saturated rings. The van der Waals surface area contributed by atoms with Crippen molar-refractivity contribution >= 4 is 5.97 Å². The molecular weight excluding hydrogens is 478 g/mol. The van der Waals surface area contributed by atoms with E-state index in [1.807, 2.05) is 26.0 Å². The number of fused-ring (bicyclic) bond motifs is 1. The van der Waals surface area contributed by atoms with E-state index in [0.29, 0.717) is 35.9 Å². The Hall–Kier alpha value is -3.79. The minimum Gasteiger partial charge on any atom is -0.502 e. The second-order valence-electron chi connectivity index (χ2n) is 9.41. The van der Waals surface area contributed by atoms with E-state index in [4.69, 9.17) is 18.6 Å². The maximum atomic E-state index is 12.8. The van der Waals surface area contributed by atoms with E-state index in [1.54, 1.807) is 31.3 Å². The Balaban J connectivity index is 1.64. The molecule has 0 spiro atoms. The smallest absolute Gasteiger partial charge is 0.306 e. The van der Waals surface area contributed by atoms with E-state index in [-0.39, 0.29) is 18.2 Å². The molecule has 0 saturated carbocycles. The number of aromatic nitrogens is 2. The van der Waals surface area contributed by atoms with Crippen LogP contribution in [0.3, 0.4) is 0 Å². The highest BCUT2D eigenvalue weighted by Crippen LogP contribution is 2.35. The summed E-state index contributed by atoms with van der Waals surface area (Å²) in [6.07, 6.45) is 4.08. The number of carbonyl (C=O) groups excluding carboxylic acids is 1. The molecule has 10 heteroatoms. The number of benzene rings is 1. The highest BCUT2D eigenvalue weighted by atomic mass is 16.5. The van der Waals surface area contributed by atoms with Crippen LogP contribution < -0.4 is 14.9 Å². The number of esters is 1. The summed E-state index contributed by atoms with van der Waals surface area (Å²) in [4.78, 5) is 27.2. The first-order valence-corrected chi connectivity index (χ1v) is 12.2. The first kappa shape index (κ1) is 26.3. The molecule has 0 radical (unpaired) electrons. The molecule has 3 aromatic rings. The molecule has 10 nitrogen and oxygen atoms in total. The Morgan fingerprint density at radius 2 is 1.84 bits per heavy atom. The minimum atomic E-state index is -0.730. The fraction of sp³-hybridized carbons (Fsp3) is 0.444. The lowest BCUT2D eigenvalue weighted by Gasteiger charge is -2.29. The molecular formula is C27H33N3O7. The Labute approximate surface area is 215 Å². The lowest BCUT2D eigenvalue weighted by molar-refractivity contribution is -0.140. The van der Waals surface area contributed by atoms with Crippen molar-refractivity contribution in [2.75, 3.05) is 27.9 Å². The third-order valence-electron chi connectivity index (χ3n) is 6.64. The zero-order valence-corrected chi connectivity index (χ0v) is 21.8. The van der Waals surface area contributed by atoms with Crippen molar-refractivity contribution in [1.29, 1.82) is 0 Å². The van der Waals surface area contributed by atoms with Gasteiger partial charge in [-0.2, -0.15) is 5.10 Å². The van der Waals surface area contributed by atoms with Gasteiger partial charge in [0.05, 0.1) is 46.4 Å². The van der Waals surface area contributed by atoms with E-state index in [0.717, 1.165) is 18.5 Å². The molecule has 0 aliphatic carbocycles. The highest BCUT2D eigenvalue weighted by Gasteiger charge is 2.29. The van der Waals surface area contributed by atoms with Crippen LogP contribution >= 0.6 is 0 Å². The summed E-state index contributed by atoms with van der Waals surface area (Å²) in [5.74, 6) is 0.0391. The molecule has 37 heavy (non-hydrogen) atoms. The van der Waals surface area contributed by atoms with Crippen LogP contribution in [0.5, 0.6) is 17.2 Å². The Kier molecular flexibility index (Phi) is 7.87. The van der Waals surface area contributed by atoms with Crippen LogP contribution in [0.4, 0.5) is 0 Å². The van der Waals surface area contributed by atoms with Gasteiger partial charge in [0.1, 0.15) is 5.76 Å². The number of hydrogen-bond acceptors (Lipinski definition) is 9. The lowest BCUT2D eigenvalue weighted by Crippen LogP contribution is -2.30. The van der Waals surface area contributed by atoms with Gasteiger partial charge in [-0.25, -0.2) is 0 Å². The van der Waals surface area contributed by atoms with E-state index in [2.05, 4.69) is 10.00 Å². The molecule has 0 unspecified atom stereocenters. The molecule has 3 heterocycles. The zero-order valence-electron chi connectivity index (χ0n) is 21.8. The van der Waals surface area contributed by atoms with Crippen LogP contribution in [-0.4, -0.2) is 53.6 Å². The fourth-order valence-electron chi connectivity index (χ4n) is 4.59. The van der Waals surface area contributed by atoms with E-state index < -0.39 is 23.1 Å². The Morgan fingerprint density at radius 3 is 2.46 bits per heavy atom. The van der Waals surface area contributed by atoms with Gasteiger partial charge in [0.15, 0.2) is 17.3 Å². The summed E-state index contributed by atoms with van der Waals surface area (Å²) in [6.45, 7) is 5.68. The van der Waals surface area contributed by atoms with Gasteiger partial charge in [-0.15, -0.1) is 0 Å². The zero-order chi connectivity index (χ0) is 26.7. The van der Waals surface area contributed by atoms with Gasteiger partial charge in [-0.1, -0.05) is 0 Å². The monoisotopic (exact) mass is 511 g/mol. The molecule has 2 aromatic heterocycles. The summed E-state index contributed by atoms with van der Waals surface area (Å²) >= 11 is 0. The number of aromatic hydroxyl groups is 1. The number of carbonyl (C=O) groups is 1. The van der Waals surface area contributed by atoms with Crippen LogP contribution in [0.1, 0.15) is 60.4 Å². The van der Waals surface area contributed by atoms with Crippen molar-refractivity contribution in [3.05, 3.63) is 69.0 Å². The highest BCUT2D eigenvalue weighted by molar-refractivity contribution is 5.71. The summed E-state index contributed by atoms with van der Waals surface area (Å²) in [5, 5.41) is 15.0. The number of ether oxygens (including phenoxy) is 3. The topological polar surface area (TPSA) is 116 Å². The van der Waals surface area contributed by atoms with Crippen LogP contribution in [0.15, 0.2) is 39.8 Å². The summed E-state index contributed by atoms with van der Waals surface area (Å²) in [5.41, 5.74) is 2.37. The van der Waals surface area contributed by atoms with Gasteiger partial charge >= 0.3 is 5.97 Å². The minimum absolute atomic E-state index is 0.0278. The molecule has 0 bridgehead atoms. The van der Waals surface area contributed by atoms with Crippen molar-refractivity contribution in [1.82, 2.24) is 14.7 Å². The summed E-state index contributed by atoms with van der Waals surface area (Å²) < 4.78 is 23.6. The molecule has 1 atom stereocenters.